The van der Waals surface area contributed by atoms with E-state index in [1.54, 1.807) is 0 Å². The van der Waals surface area contributed by atoms with Crippen molar-refractivity contribution < 1.29 is 0 Å². The van der Waals surface area contributed by atoms with Crippen molar-refractivity contribution in [1.82, 2.24) is 0 Å². The summed E-state index contributed by atoms with van der Waals surface area (Å²) in [4.78, 5) is 0. The lowest BCUT2D eigenvalue weighted by atomic mass is 10.1. The van der Waals surface area contributed by atoms with Crippen LogP contribution in [-0.2, 0) is 0 Å². The van der Waals surface area contributed by atoms with Crippen LogP contribution < -0.4 is 15.9 Å². The average molecular weight is 456 g/mol. The van der Waals surface area contributed by atoms with Crippen molar-refractivity contribution in [3.8, 4) is 0 Å². The van der Waals surface area contributed by atoms with Gasteiger partial charge in [0.05, 0.1) is 0 Å². The lowest BCUT2D eigenvalue weighted by Crippen LogP contribution is -2.33. The summed E-state index contributed by atoms with van der Waals surface area (Å²) in [6, 6.07) is 33.8. The van der Waals surface area contributed by atoms with Crippen LogP contribution in [0.15, 0.2) is 91.0 Å². The van der Waals surface area contributed by atoms with Gasteiger partial charge in [0.1, 0.15) is 0 Å². The molecule has 28 heavy (non-hydrogen) atoms. The Balaban J connectivity index is 0.00000280. The zero-order valence-electron chi connectivity index (χ0n) is 17.0. The van der Waals surface area contributed by atoms with Gasteiger partial charge in [-0.05, 0) is 35.8 Å². The summed E-state index contributed by atoms with van der Waals surface area (Å²) in [6.45, 7) is 2.29. The maximum Gasteiger partial charge on any atom is -0.0196 e. The SMILES string of the molecule is Br.CCCCCCCC[P](c1ccccc1)(c1ccccc1)c1ccccc1. The van der Waals surface area contributed by atoms with Crippen molar-refractivity contribution in [2.24, 2.45) is 0 Å². The predicted octanol–water partition coefficient (Wildman–Crippen LogP) is 6.92. The molecule has 0 bridgehead atoms. The number of hydrogen-bond donors (Lipinski definition) is 0. The predicted molar refractivity (Wildman–Crippen MR) is 134 cm³/mol. The zero-order chi connectivity index (χ0) is 18.8. The molecule has 149 valence electrons. The summed E-state index contributed by atoms with van der Waals surface area (Å²) >= 11 is 0. The molecular formula is C26H33BrP. The number of benzene rings is 3. The summed E-state index contributed by atoms with van der Waals surface area (Å²) in [6.07, 6.45) is 9.34. The van der Waals surface area contributed by atoms with Crippen molar-refractivity contribution in [2.75, 3.05) is 6.16 Å². The van der Waals surface area contributed by atoms with E-state index in [0.717, 1.165) is 0 Å². The van der Waals surface area contributed by atoms with E-state index in [4.69, 9.17) is 0 Å². The average Bonchev–Trinajstić information content (AvgIpc) is 2.75. The van der Waals surface area contributed by atoms with Crippen LogP contribution in [0.3, 0.4) is 0 Å². The van der Waals surface area contributed by atoms with Crippen LogP contribution in [0.5, 0.6) is 0 Å². The molecule has 0 heterocycles. The molecular weight excluding hydrogens is 423 g/mol. The maximum absolute atomic E-state index is 2.35. The highest BCUT2D eigenvalue weighted by atomic mass is 79.9. The third-order valence-electron chi connectivity index (χ3n) is 5.44. The van der Waals surface area contributed by atoms with E-state index < -0.39 is 7.26 Å². The minimum absolute atomic E-state index is 0. The summed E-state index contributed by atoms with van der Waals surface area (Å²) < 4.78 is 0. The van der Waals surface area contributed by atoms with Crippen molar-refractivity contribution in [1.29, 1.82) is 0 Å². The van der Waals surface area contributed by atoms with E-state index in [1.165, 1.54) is 60.6 Å². The Morgan fingerprint density at radius 2 is 0.857 bits per heavy atom. The van der Waals surface area contributed by atoms with Crippen molar-refractivity contribution in [3.05, 3.63) is 91.0 Å². The second kappa shape index (κ2) is 12.2. The molecule has 0 aliphatic carbocycles. The highest BCUT2D eigenvalue weighted by Gasteiger charge is 2.33. The Kier molecular flexibility index (Phi) is 9.96. The fraction of sp³-hybridized carbons (Fsp3) is 0.308. The molecule has 1 radical (unpaired) electrons. The second-order valence-corrected chi connectivity index (χ2v) is 10.9. The largest absolute Gasteiger partial charge is 0.114 e. The molecule has 0 unspecified atom stereocenters. The van der Waals surface area contributed by atoms with Gasteiger partial charge >= 0.3 is 0 Å². The van der Waals surface area contributed by atoms with Gasteiger partial charge in [0, 0.05) is 0 Å². The number of unbranched alkanes of at least 4 members (excludes halogenated alkanes) is 5. The van der Waals surface area contributed by atoms with Crippen molar-refractivity contribution >= 4 is 40.2 Å². The van der Waals surface area contributed by atoms with E-state index in [0.29, 0.717) is 0 Å². The molecule has 0 atom stereocenters. The minimum Gasteiger partial charge on any atom is -0.114 e. The molecule has 0 saturated carbocycles. The fourth-order valence-electron chi connectivity index (χ4n) is 4.01. The molecule has 0 fully saturated rings. The molecule has 0 nitrogen and oxygen atoms in total. The van der Waals surface area contributed by atoms with Crippen molar-refractivity contribution in [2.45, 2.75) is 45.4 Å². The van der Waals surface area contributed by atoms with Gasteiger partial charge in [-0.15, -0.1) is 17.0 Å². The van der Waals surface area contributed by atoms with E-state index in [2.05, 4.69) is 97.9 Å². The van der Waals surface area contributed by atoms with Gasteiger partial charge in [0.2, 0.25) is 0 Å². The van der Waals surface area contributed by atoms with Crippen LogP contribution in [0, 0.1) is 0 Å². The number of rotatable bonds is 10. The Bertz CT molecular complexity index is 675. The van der Waals surface area contributed by atoms with Gasteiger partial charge in [0.15, 0.2) is 0 Å². The minimum atomic E-state index is -1.61. The van der Waals surface area contributed by atoms with Crippen LogP contribution >= 0.6 is 24.2 Å². The van der Waals surface area contributed by atoms with E-state index in [-0.39, 0.29) is 17.0 Å². The molecule has 0 aliphatic heterocycles. The molecule has 3 aromatic carbocycles. The molecule has 2 heteroatoms. The van der Waals surface area contributed by atoms with Crippen molar-refractivity contribution in [3.63, 3.8) is 0 Å². The quantitative estimate of drug-likeness (QED) is 0.230. The van der Waals surface area contributed by atoms with Crippen LogP contribution in [0.1, 0.15) is 45.4 Å². The first kappa shape index (κ1) is 22.9. The Hall–Kier alpha value is -1.43. The third kappa shape index (κ3) is 5.56. The Labute approximate surface area is 182 Å². The first-order valence-corrected chi connectivity index (χ1v) is 12.4. The summed E-state index contributed by atoms with van der Waals surface area (Å²) in [5.41, 5.74) is 0. The monoisotopic (exact) mass is 455 g/mol. The number of halogens is 1. The van der Waals surface area contributed by atoms with Gasteiger partial charge in [0.25, 0.3) is 0 Å². The lowest BCUT2D eigenvalue weighted by molar-refractivity contribution is 0.626. The first-order valence-electron chi connectivity index (χ1n) is 10.4. The van der Waals surface area contributed by atoms with Crippen LogP contribution in [-0.4, -0.2) is 6.16 Å². The Morgan fingerprint density at radius 3 is 1.25 bits per heavy atom. The first-order chi connectivity index (χ1) is 13.4. The molecule has 0 N–H and O–H groups in total. The summed E-state index contributed by atoms with van der Waals surface area (Å²) in [5, 5.41) is 4.53. The summed E-state index contributed by atoms with van der Waals surface area (Å²) in [5.74, 6) is 0. The van der Waals surface area contributed by atoms with Gasteiger partial charge in [-0.1, -0.05) is 130 Å². The maximum atomic E-state index is 2.35. The van der Waals surface area contributed by atoms with Gasteiger partial charge in [-0.25, -0.2) is 0 Å². The van der Waals surface area contributed by atoms with Crippen LogP contribution in [0.4, 0.5) is 0 Å². The lowest BCUT2D eigenvalue weighted by Gasteiger charge is -2.38. The topological polar surface area (TPSA) is 0 Å². The Morgan fingerprint density at radius 1 is 0.500 bits per heavy atom. The molecule has 0 aliphatic rings. The highest BCUT2D eigenvalue weighted by Crippen LogP contribution is 2.55. The molecule has 0 aromatic heterocycles. The van der Waals surface area contributed by atoms with Gasteiger partial charge in [-0.2, -0.15) is 0 Å². The molecule has 0 spiro atoms. The second-order valence-electron chi connectivity index (χ2n) is 7.31. The smallest absolute Gasteiger partial charge is 0.0196 e. The molecule has 3 rings (SSSR count). The standard InChI is InChI=1S/C26H32P.BrH/c1-2-3-4-5-6-16-23-27(24-17-10-7-11-18-24,25-19-12-8-13-20-25)26-21-14-9-15-22-26;/h7-15,17-22H,2-6,16,23H2,1H3;1H. The zero-order valence-corrected chi connectivity index (χ0v) is 19.6. The third-order valence-corrected chi connectivity index (χ3v) is 9.96. The van der Waals surface area contributed by atoms with E-state index >= 15 is 0 Å². The molecule has 0 saturated heterocycles. The molecule has 3 aromatic rings. The highest BCUT2D eigenvalue weighted by molar-refractivity contribution is 8.93. The van der Waals surface area contributed by atoms with Crippen LogP contribution in [0.2, 0.25) is 0 Å². The van der Waals surface area contributed by atoms with Gasteiger partial charge in [-0.3, -0.25) is 0 Å². The number of hydrogen-bond acceptors (Lipinski definition) is 0. The van der Waals surface area contributed by atoms with Crippen LogP contribution in [0.25, 0.3) is 0 Å². The van der Waals surface area contributed by atoms with Gasteiger partial charge < -0.3 is 0 Å². The van der Waals surface area contributed by atoms with E-state index in [9.17, 15) is 0 Å². The summed E-state index contributed by atoms with van der Waals surface area (Å²) in [7, 11) is -1.61. The molecule has 0 amide bonds. The van der Waals surface area contributed by atoms with E-state index in [1.807, 2.05) is 0 Å². The normalized spacial score (nSPS) is 11.0. The fourth-order valence-corrected chi connectivity index (χ4v) is 8.42.